The standard InChI is InChI=1S/C9H11NO3/c1-2-3-6-13-9(12)8-7(11)4-5-10-8/h4-5H,2-3,6H2,1H3. The van der Waals surface area contributed by atoms with Crippen LogP contribution in [-0.2, 0) is 14.3 Å². The minimum Gasteiger partial charge on any atom is -0.461 e. The van der Waals surface area contributed by atoms with E-state index in [9.17, 15) is 9.59 Å². The van der Waals surface area contributed by atoms with Crippen molar-refractivity contribution in [3.63, 3.8) is 0 Å². The van der Waals surface area contributed by atoms with Crippen LogP contribution in [0, 0.1) is 0 Å². The van der Waals surface area contributed by atoms with Gasteiger partial charge in [0.2, 0.25) is 5.78 Å². The molecule has 0 unspecified atom stereocenters. The van der Waals surface area contributed by atoms with E-state index in [1.54, 1.807) is 0 Å². The van der Waals surface area contributed by atoms with Gasteiger partial charge in [0.15, 0.2) is 5.71 Å². The molecule has 13 heavy (non-hydrogen) atoms. The summed E-state index contributed by atoms with van der Waals surface area (Å²) in [7, 11) is 0. The van der Waals surface area contributed by atoms with Crippen molar-refractivity contribution in [2.75, 3.05) is 6.61 Å². The lowest BCUT2D eigenvalue weighted by Crippen LogP contribution is -2.23. The van der Waals surface area contributed by atoms with E-state index in [-0.39, 0.29) is 11.5 Å². The SMILES string of the molecule is CCCCOC(=O)C1=NC=CC1=O. The summed E-state index contributed by atoms with van der Waals surface area (Å²) < 4.78 is 4.81. The number of ether oxygens (including phenoxy) is 1. The van der Waals surface area contributed by atoms with E-state index in [1.807, 2.05) is 6.92 Å². The van der Waals surface area contributed by atoms with Crippen molar-refractivity contribution in [3.05, 3.63) is 12.3 Å². The van der Waals surface area contributed by atoms with Crippen LogP contribution < -0.4 is 0 Å². The Balaban J connectivity index is 2.37. The number of esters is 1. The Morgan fingerprint density at radius 3 is 2.92 bits per heavy atom. The van der Waals surface area contributed by atoms with Gasteiger partial charge in [-0.1, -0.05) is 13.3 Å². The highest BCUT2D eigenvalue weighted by Crippen LogP contribution is 1.99. The lowest BCUT2D eigenvalue weighted by Gasteiger charge is -2.01. The van der Waals surface area contributed by atoms with Crippen LogP contribution in [0.5, 0.6) is 0 Å². The number of unbranched alkanes of at least 4 members (excludes halogenated alkanes) is 1. The highest BCUT2D eigenvalue weighted by Gasteiger charge is 2.21. The summed E-state index contributed by atoms with van der Waals surface area (Å²) in [5.74, 6) is -0.995. The van der Waals surface area contributed by atoms with Gasteiger partial charge in [-0.15, -0.1) is 0 Å². The minimum atomic E-state index is -0.622. The van der Waals surface area contributed by atoms with Crippen LogP contribution in [0.1, 0.15) is 19.8 Å². The summed E-state index contributed by atoms with van der Waals surface area (Å²) in [6.45, 7) is 2.34. The average Bonchev–Trinajstić information content (AvgIpc) is 2.52. The fraction of sp³-hybridized carbons (Fsp3) is 0.444. The number of carbonyl (C=O) groups is 2. The lowest BCUT2D eigenvalue weighted by atomic mass is 10.3. The summed E-state index contributed by atoms with van der Waals surface area (Å²) in [4.78, 5) is 25.7. The number of rotatable bonds is 4. The van der Waals surface area contributed by atoms with Crippen LogP contribution in [-0.4, -0.2) is 24.1 Å². The molecule has 0 saturated heterocycles. The summed E-state index contributed by atoms with van der Waals surface area (Å²) in [5.41, 5.74) is -0.115. The molecule has 4 heteroatoms. The van der Waals surface area contributed by atoms with Gasteiger partial charge in [0.05, 0.1) is 6.61 Å². The zero-order chi connectivity index (χ0) is 9.68. The van der Waals surface area contributed by atoms with E-state index in [2.05, 4.69) is 4.99 Å². The Morgan fingerprint density at radius 1 is 1.62 bits per heavy atom. The second-order valence-electron chi connectivity index (χ2n) is 2.65. The van der Waals surface area contributed by atoms with Crippen molar-refractivity contribution >= 4 is 17.5 Å². The zero-order valence-corrected chi connectivity index (χ0v) is 7.45. The van der Waals surface area contributed by atoms with E-state index in [1.165, 1.54) is 12.3 Å². The molecule has 0 radical (unpaired) electrons. The Bertz CT molecular complexity index is 279. The fourth-order valence-electron chi connectivity index (χ4n) is 0.853. The quantitative estimate of drug-likeness (QED) is 0.477. The van der Waals surface area contributed by atoms with Crippen molar-refractivity contribution in [2.24, 2.45) is 4.99 Å². The van der Waals surface area contributed by atoms with E-state index < -0.39 is 5.97 Å². The van der Waals surface area contributed by atoms with Gasteiger partial charge in [0.1, 0.15) is 0 Å². The van der Waals surface area contributed by atoms with Gasteiger partial charge in [-0.2, -0.15) is 0 Å². The smallest absolute Gasteiger partial charge is 0.361 e. The van der Waals surface area contributed by atoms with Gasteiger partial charge >= 0.3 is 5.97 Å². The number of ketones is 1. The molecule has 0 atom stereocenters. The lowest BCUT2D eigenvalue weighted by molar-refractivity contribution is -0.136. The summed E-state index contributed by atoms with van der Waals surface area (Å²) in [5, 5.41) is 0. The Kier molecular flexibility index (Phi) is 3.37. The van der Waals surface area contributed by atoms with Gasteiger partial charge in [0, 0.05) is 12.3 Å². The summed E-state index contributed by atoms with van der Waals surface area (Å²) in [6, 6.07) is 0. The molecule has 0 aromatic carbocycles. The Hall–Kier alpha value is -1.45. The van der Waals surface area contributed by atoms with E-state index in [0.29, 0.717) is 6.61 Å². The van der Waals surface area contributed by atoms with Crippen molar-refractivity contribution < 1.29 is 14.3 Å². The number of hydrogen-bond acceptors (Lipinski definition) is 4. The van der Waals surface area contributed by atoms with Crippen LogP contribution in [0.4, 0.5) is 0 Å². The maximum Gasteiger partial charge on any atom is 0.361 e. The first-order valence-electron chi connectivity index (χ1n) is 4.21. The number of carbonyl (C=O) groups excluding carboxylic acids is 2. The Morgan fingerprint density at radius 2 is 2.38 bits per heavy atom. The first-order valence-corrected chi connectivity index (χ1v) is 4.21. The molecule has 0 spiro atoms. The van der Waals surface area contributed by atoms with Crippen molar-refractivity contribution in [3.8, 4) is 0 Å². The first-order chi connectivity index (χ1) is 6.25. The monoisotopic (exact) mass is 181 g/mol. The largest absolute Gasteiger partial charge is 0.461 e. The van der Waals surface area contributed by atoms with Gasteiger partial charge in [0.25, 0.3) is 0 Å². The molecular formula is C9H11NO3. The second-order valence-corrected chi connectivity index (χ2v) is 2.65. The molecule has 1 rings (SSSR count). The third kappa shape index (κ3) is 2.50. The maximum atomic E-state index is 11.1. The second kappa shape index (κ2) is 4.54. The third-order valence-electron chi connectivity index (χ3n) is 1.59. The normalized spacial score (nSPS) is 14.5. The van der Waals surface area contributed by atoms with Gasteiger partial charge in [-0.3, -0.25) is 4.79 Å². The predicted molar refractivity (Wildman–Crippen MR) is 47.4 cm³/mol. The number of nitrogens with zero attached hydrogens (tertiary/aromatic N) is 1. The topological polar surface area (TPSA) is 55.7 Å². The first kappa shape index (κ1) is 9.64. The maximum absolute atomic E-state index is 11.1. The molecule has 0 fully saturated rings. The Labute approximate surface area is 76.3 Å². The molecule has 1 aliphatic rings. The fourth-order valence-corrected chi connectivity index (χ4v) is 0.853. The molecule has 0 bridgehead atoms. The predicted octanol–water partition coefficient (Wildman–Crippen LogP) is 0.867. The number of aliphatic imine (C=N–C) groups is 1. The van der Waals surface area contributed by atoms with Crippen molar-refractivity contribution in [2.45, 2.75) is 19.8 Å². The van der Waals surface area contributed by atoms with E-state index in [0.717, 1.165) is 12.8 Å². The summed E-state index contributed by atoms with van der Waals surface area (Å²) >= 11 is 0. The highest BCUT2D eigenvalue weighted by molar-refractivity contribution is 6.67. The molecule has 1 aliphatic heterocycles. The molecule has 0 N–H and O–H groups in total. The van der Waals surface area contributed by atoms with E-state index in [4.69, 9.17) is 4.74 Å². The third-order valence-corrected chi connectivity index (χ3v) is 1.59. The van der Waals surface area contributed by atoms with Crippen molar-refractivity contribution in [1.29, 1.82) is 0 Å². The molecular weight excluding hydrogens is 170 g/mol. The van der Waals surface area contributed by atoms with Crippen LogP contribution in [0.2, 0.25) is 0 Å². The minimum absolute atomic E-state index is 0.115. The van der Waals surface area contributed by atoms with Gasteiger partial charge in [-0.25, -0.2) is 9.79 Å². The highest BCUT2D eigenvalue weighted by atomic mass is 16.5. The van der Waals surface area contributed by atoms with Crippen LogP contribution >= 0.6 is 0 Å². The zero-order valence-electron chi connectivity index (χ0n) is 7.45. The molecule has 0 aromatic heterocycles. The van der Waals surface area contributed by atoms with E-state index >= 15 is 0 Å². The van der Waals surface area contributed by atoms with Crippen LogP contribution in [0.3, 0.4) is 0 Å². The average molecular weight is 181 g/mol. The van der Waals surface area contributed by atoms with Gasteiger partial charge < -0.3 is 4.74 Å². The molecule has 1 heterocycles. The molecule has 0 amide bonds. The van der Waals surface area contributed by atoms with Crippen LogP contribution in [0.25, 0.3) is 0 Å². The van der Waals surface area contributed by atoms with Crippen molar-refractivity contribution in [1.82, 2.24) is 0 Å². The number of hydrogen-bond donors (Lipinski definition) is 0. The number of allylic oxidation sites excluding steroid dienone is 1. The molecule has 70 valence electrons. The molecule has 0 saturated carbocycles. The molecule has 4 nitrogen and oxygen atoms in total. The van der Waals surface area contributed by atoms with Crippen LogP contribution in [0.15, 0.2) is 17.3 Å². The molecule has 0 aromatic rings. The molecule has 0 aliphatic carbocycles. The van der Waals surface area contributed by atoms with Gasteiger partial charge in [-0.05, 0) is 6.42 Å². The summed E-state index contributed by atoms with van der Waals surface area (Å²) in [6.07, 6.45) is 4.31.